The van der Waals surface area contributed by atoms with Crippen LogP contribution in [0.1, 0.15) is 22.7 Å². The molecule has 36 heavy (non-hydrogen) atoms. The van der Waals surface area contributed by atoms with Gasteiger partial charge < -0.3 is 10.8 Å². The highest BCUT2D eigenvalue weighted by Crippen LogP contribution is 2.43. The molecule has 0 bridgehead atoms. The van der Waals surface area contributed by atoms with Crippen LogP contribution in [-0.2, 0) is 11.3 Å². The first-order valence-electron chi connectivity index (χ1n) is 11.4. The summed E-state index contributed by atoms with van der Waals surface area (Å²) in [5, 5.41) is 15.1. The summed E-state index contributed by atoms with van der Waals surface area (Å²) in [6.45, 7) is 0.300. The predicted molar refractivity (Wildman–Crippen MR) is 145 cm³/mol. The molecule has 1 atom stereocenters. The lowest BCUT2D eigenvalue weighted by Gasteiger charge is -2.33. The highest BCUT2D eigenvalue weighted by molar-refractivity contribution is 6.35. The molecule has 5 nitrogen and oxygen atoms in total. The van der Waals surface area contributed by atoms with Gasteiger partial charge in [0.25, 0.3) is 0 Å². The highest BCUT2D eigenvalue weighted by atomic mass is 35.5. The number of fused-ring (bicyclic) bond motifs is 2. The number of nitrogens with zero attached hydrogens (tertiary/aromatic N) is 2. The first-order chi connectivity index (χ1) is 17.4. The molecular formula is C29H23Cl2N3O2. The van der Waals surface area contributed by atoms with Crippen LogP contribution in [0.2, 0.25) is 10.0 Å². The maximum atomic E-state index is 12.3. The first-order valence-corrected chi connectivity index (χ1v) is 12.2. The molecule has 1 unspecified atom stereocenters. The van der Waals surface area contributed by atoms with Crippen LogP contribution < -0.4 is 5.73 Å². The molecular weight excluding hydrogens is 493 g/mol. The van der Waals surface area contributed by atoms with Gasteiger partial charge in [0.15, 0.2) is 0 Å². The summed E-state index contributed by atoms with van der Waals surface area (Å²) in [6.07, 6.45) is 1.60. The fourth-order valence-electron chi connectivity index (χ4n) is 4.76. The molecule has 1 aromatic heterocycles. The van der Waals surface area contributed by atoms with Crippen LogP contribution in [0.3, 0.4) is 0 Å². The number of carbonyl (C=O) groups is 1. The number of amides is 1. The molecule has 0 radical (unpaired) electrons. The molecule has 0 aliphatic heterocycles. The zero-order valence-corrected chi connectivity index (χ0v) is 20.7. The van der Waals surface area contributed by atoms with Crippen molar-refractivity contribution in [1.29, 1.82) is 0 Å². The quantitative estimate of drug-likeness (QED) is 0.260. The molecule has 1 amide bonds. The van der Waals surface area contributed by atoms with Crippen LogP contribution >= 0.6 is 23.2 Å². The molecule has 3 N–H and O–H groups in total. The second-order valence-corrected chi connectivity index (χ2v) is 9.44. The van der Waals surface area contributed by atoms with Gasteiger partial charge in [0.05, 0.1) is 17.6 Å². The molecule has 0 fully saturated rings. The third-order valence-electron chi connectivity index (χ3n) is 6.32. The number of hydrogen-bond donors (Lipinski definition) is 2. The van der Waals surface area contributed by atoms with Gasteiger partial charge in [0.1, 0.15) is 11.3 Å². The Hall–Kier alpha value is -3.64. The van der Waals surface area contributed by atoms with E-state index in [4.69, 9.17) is 28.9 Å². The summed E-state index contributed by atoms with van der Waals surface area (Å²) < 4.78 is 0. The number of rotatable bonds is 7. The standard InChI is InChI=1S/C29H23Cl2N3O2/c30-24-13-4-3-11-22(24)28(23-15-25(31)21-12-6-14-33-27(21)29(23)36)34(17-26(32)35)16-19-9-5-8-18-7-1-2-10-20(18)19/h1-15,28,36H,16-17H2,(H2,32,35). The minimum atomic E-state index is -0.630. The monoisotopic (exact) mass is 515 g/mol. The first kappa shape index (κ1) is 24.1. The number of pyridine rings is 1. The van der Waals surface area contributed by atoms with Gasteiger partial charge >= 0.3 is 0 Å². The van der Waals surface area contributed by atoms with E-state index < -0.39 is 11.9 Å². The van der Waals surface area contributed by atoms with E-state index in [9.17, 15) is 9.90 Å². The summed E-state index contributed by atoms with van der Waals surface area (Å²) in [5.41, 5.74) is 8.32. The van der Waals surface area contributed by atoms with E-state index in [1.807, 2.05) is 65.6 Å². The van der Waals surface area contributed by atoms with E-state index >= 15 is 0 Å². The molecule has 0 aliphatic carbocycles. The Morgan fingerprint density at radius 3 is 2.42 bits per heavy atom. The number of halogens is 2. The van der Waals surface area contributed by atoms with Crippen LogP contribution in [0.4, 0.5) is 0 Å². The largest absolute Gasteiger partial charge is 0.505 e. The van der Waals surface area contributed by atoms with Crippen molar-refractivity contribution in [1.82, 2.24) is 9.88 Å². The average molecular weight is 516 g/mol. The third kappa shape index (κ3) is 4.61. The van der Waals surface area contributed by atoms with Crippen LogP contribution in [-0.4, -0.2) is 27.4 Å². The summed E-state index contributed by atoms with van der Waals surface area (Å²) in [7, 11) is 0. The number of aromatic hydroxyl groups is 1. The zero-order valence-electron chi connectivity index (χ0n) is 19.2. The fraction of sp³-hybridized carbons (Fsp3) is 0.103. The molecule has 0 saturated heterocycles. The van der Waals surface area contributed by atoms with E-state index in [1.165, 1.54) is 0 Å². The van der Waals surface area contributed by atoms with Crippen molar-refractivity contribution in [3.8, 4) is 5.75 Å². The van der Waals surface area contributed by atoms with Gasteiger partial charge in [0.2, 0.25) is 5.91 Å². The topological polar surface area (TPSA) is 79.5 Å². The minimum Gasteiger partial charge on any atom is -0.505 e. The van der Waals surface area contributed by atoms with Gasteiger partial charge in [-0.25, -0.2) is 0 Å². The maximum Gasteiger partial charge on any atom is 0.231 e. The minimum absolute atomic E-state index is 0.0210. The molecule has 5 aromatic rings. The van der Waals surface area contributed by atoms with Crippen molar-refractivity contribution in [2.75, 3.05) is 6.54 Å². The third-order valence-corrected chi connectivity index (χ3v) is 6.97. The molecule has 5 rings (SSSR count). The van der Waals surface area contributed by atoms with Gasteiger partial charge in [-0.2, -0.15) is 0 Å². The van der Waals surface area contributed by atoms with Crippen LogP contribution in [0, 0.1) is 0 Å². The lowest BCUT2D eigenvalue weighted by Crippen LogP contribution is -2.37. The van der Waals surface area contributed by atoms with E-state index in [-0.39, 0.29) is 12.3 Å². The summed E-state index contributed by atoms with van der Waals surface area (Å²) >= 11 is 13.3. The van der Waals surface area contributed by atoms with E-state index in [0.717, 1.165) is 16.3 Å². The van der Waals surface area contributed by atoms with Gasteiger partial charge in [-0.05, 0) is 46.2 Å². The van der Waals surface area contributed by atoms with Crippen molar-refractivity contribution in [2.45, 2.75) is 12.6 Å². The number of hydrogen-bond acceptors (Lipinski definition) is 4. The Kier molecular flexibility index (Phi) is 6.79. The molecule has 4 aromatic carbocycles. The van der Waals surface area contributed by atoms with E-state index in [2.05, 4.69) is 4.98 Å². The smallest absolute Gasteiger partial charge is 0.231 e. The molecule has 0 saturated carbocycles. The lowest BCUT2D eigenvalue weighted by atomic mass is 9.93. The Morgan fingerprint density at radius 1 is 0.889 bits per heavy atom. The number of carbonyl (C=O) groups excluding carboxylic acids is 1. The highest BCUT2D eigenvalue weighted by Gasteiger charge is 2.30. The SMILES string of the molecule is NC(=O)CN(Cc1cccc2ccccc12)C(c1ccccc1Cl)c1cc(Cl)c2cccnc2c1O. The zero-order chi connectivity index (χ0) is 25.2. The number of phenols is 1. The van der Waals surface area contributed by atoms with E-state index in [1.54, 1.807) is 30.5 Å². The summed E-state index contributed by atoms with van der Waals surface area (Å²) in [5.74, 6) is -0.524. The number of nitrogens with two attached hydrogens (primary N) is 1. The fourth-order valence-corrected chi connectivity index (χ4v) is 5.27. The number of phenolic OH excluding ortho intramolecular Hbond substituents is 1. The van der Waals surface area contributed by atoms with E-state index in [0.29, 0.717) is 38.6 Å². The van der Waals surface area contributed by atoms with Crippen molar-refractivity contribution in [2.24, 2.45) is 5.73 Å². The Bertz CT molecular complexity index is 1580. The van der Waals surface area contributed by atoms with Crippen molar-refractivity contribution in [3.05, 3.63) is 118 Å². The van der Waals surface area contributed by atoms with Crippen molar-refractivity contribution >= 4 is 50.8 Å². The summed E-state index contributed by atoms with van der Waals surface area (Å²) in [6, 6.07) is 26.1. The Morgan fingerprint density at radius 2 is 1.61 bits per heavy atom. The number of benzene rings is 4. The lowest BCUT2D eigenvalue weighted by molar-refractivity contribution is -0.119. The molecule has 1 heterocycles. The molecule has 180 valence electrons. The molecule has 7 heteroatoms. The van der Waals surface area contributed by atoms with Gasteiger partial charge in [-0.15, -0.1) is 0 Å². The Balaban J connectivity index is 1.73. The summed E-state index contributed by atoms with van der Waals surface area (Å²) in [4.78, 5) is 18.6. The predicted octanol–water partition coefficient (Wildman–Crippen LogP) is 6.48. The second kappa shape index (κ2) is 10.2. The van der Waals surface area contributed by atoms with Crippen LogP contribution in [0.15, 0.2) is 91.1 Å². The van der Waals surface area contributed by atoms with Crippen molar-refractivity contribution < 1.29 is 9.90 Å². The van der Waals surface area contributed by atoms with Crippen LogP contribution in [0.5, 0.6) is 5.75 Å². The molecule has 0 aliphatic rings. The maximum absolute atomic E-state index is 12.3. The van der Waals surface area contributed by atoms with Gasteiger partial charge in [-0.3, -0.25) is 14.7 Å². The average Bonchev–Trinajstić information content (AvgIpc) is 2.88. The second-order valence-electron chi connectivity index (χ2n) is 8.63. The van der Waals surface area contributed by atoms with Gasteiger partial charge in [-0.1, -0.05) is 83.9 Å². The number of aromatic nitrogens is 1. The molecule has 0 spiro atoms. The Labute approximate surface area is 218 Å². The normalized spacial score (nSPS) is 12.3. The van der Waals surface area contributed by atoms with Gasteiger partial charge in [0, 0.05) is 28.7 Å². The number of primary amides is 1. The van der Waals surface area contributed by atoms with Crippen molar-refractivity contribution in [3.63, 3.8) is 0 Å². The van der Waals surface area contributed by atoms with Crippen LogP contribution in [0.25, 0.3) is 21.7 Å².